The standard InChI is InChI=1S/C15H20N2O5/c1-5-6-7-8-9-16(11-18)17(15(20)21)10-13(4)22-14(19)12(2)3/h1,13H,2,6-10H2,3-4H3. The molecule has 0 aromatic heterocycles. The van der Waals surface area contributed by atoms with Crippen molar-refractivity contribution in [3.05, 3.63) is 12.2 Å². The van der Waals surface area contributed by atoms with Gasteiger partial charge in [0.1, 0.15) is 12.6 Å². The third-order valence-corrected chi connectivity index (χ3v) is 2.64. The monoisotopic (exact) mass is 308 g/mol. The molecule has 0 rings (SSSR count). The molecule has 1 unspecified atom stereocenters. The van der Waals surface area contributed by atoms with Crippen LogP contribution in [0, 0.1) is 12.3 Å². The van der Waals surface area contributed by atoms with Crippen molar-refractivity contribution in [3.8, 4) is 12.3 Å². The van der Waals surface area contributed by atoms with Crippen LogP contribution in [-0.2, 0) is 14.3 Å². The first-order chi connectivity index (χ1) is 10.3. The zero-order valence-corrected chi connectivity index (χ0v) is 12.8. The lowest BCUT2D eigenvalue weighted by Crippen LogP contribution is -2.50. The molecule has 0 aromatic carbocycles. The number of carboxylic acid groups (broad SMARTS) is 1. The Labute approximate surface area is 129 Å². The molecule has 0 bridgehead atoms. The van der Waals surface area contributed by atoms with Gasteiger partial charge in [0.05, 0.1) is 0 Å². The normalized spacial score (nSPS) is 10.8. The zero-order valence-electron chi connectivity index (χ0n) is 12.8. The van der Waals surface area contributed by atoms with Crippen LogP contribution >= 0.6 is 0 Å². The zero-order chi connectivity index (χ0) is 17.1. The molecule has 1 atom stereocenters. The average Bonchev–Trinajstić information content (AvgIpc) is 2.45. The number of ether oxygens (including phenoxy) is 1. The molecule has 0 N–H and O–H groups in total. The molecule has 7 heteroatoms. The van der Waals surface area contributed by atoms with Crippen molar-refractivity contribution in [1.29, 1.82) is 0 Å². The molecular formula is C15H20N2O5. The molecule has 1 amide bonds. The van der Waals surface area contributed by atoms with Crippen molar-refractivity contribution < 1.29 is 28.9 Å². The van der Waals surface area contributed by atoms with E-state index in [0.29, 0.717) is 24.3 Å². The van der Waals surface area contributed by atoms with Gasteiger partial charge >= 0.3 is 12.0 Å². The van der Waals surface area contributed by atoms with Crippen LogP contribution in [0.4, 0.5) is 4.79 Å². The molecule has 0 radical (unpaired) electrons. The van der Waals surface area contributed by atoms with Gasteiger partial charge in [-0.3, -0.25) is 0 Å². The van der Waals surface area contributed by atoms with Crippen LogP contribution in [0.15, 0.2) is 12.2 Å². The Morgan fingerprint density at radius 2 is 2.09 bits per heavy atom. The highest BCUT2D eigenvalue weighted by Crippen LogP contribution is 2.03. The molecule has 120 valence electrons. The minimum Gasteiger partial charge on any atom is -0.526 e. The quantitative estimate of drug-likeness (QED) is 0.0887. The van der Waals surface area contributed by atoms with E-state index in [1.807, 2.05) is 0 Å². The molecule has 0 saturated carbocycles. The van der Waals surface area contributed by atoms with Crippen LogP contribution in [0.1, 0.15) is 33.1 Å². The molecule has 22 heavy (non-hydrogen) atoms. The molecule has 0 spiro atoms. The van der Waals surface area contributed by atoms with Gasteiger partial charge < -0.3 is 14.6 Å². The second-order valence-electron chi connectivity index (χ2n) is 4.72. The third-order valence-electron chi connectivity index (χ3n) is 2.64. The van der Waals surface area contributed by atoms with Crippen molar-refractivity contribution in [2.45, 2.75) is 39.2 Å². The number of terminal acetylenes is 1. The van der Waals surface area contributed by atoms with Gasteiger partial charge in [0.15, 0.2) is 6.54 Å². The fourth-order valence-electron chi connectivity index (χ4n) is 1.54. The first-order valence-electron chi connectivity index (χ1n) is 6.77. The van der Waals surface area contributed by atoms with Crippen molar-refractivity contribution in [1.82, 2.24) is 5.01 Å². The summed E-state index contributed by atoms with van der Waals surface area (Å²) in [5.41, 5.74) is 0.194. The van der Waals surface area contributed by atoms with Crippen molar-refractivity contribution >= 4 is 18.1 Å². The van der Waals surface area contributed by atoms with E-state index in [2.05, 4.69) is 12.5 Å². The maximum absolute atomic E-state index is 11.4. The molecule has 0 fully saturated rings. The smallest absolute Gasteiger partial charge is 0.456 e. The van der Waals surface area contributed by atoms with Crippen LogP contribution in [-0.4, -0.2) is 47.0 Å². The predicted molar refractivity (Wildman–Crippen MR) is 76.0 cm³/mol. The third kappa shape index (κ3) is 7.27. The Balaban J connectivity index is 4.73. The highest BCUT2D eigenvalue weighted by atomic mass is 16.5. The SMILES string of the molecule is C#CCCCC[N+](=C=O)N(CC(C)OC(=O)C(=C)C)C(=O)[O-]. The number of rotatable bonds is 9. The summed E-state index contributed by atoms with van der Waals surface area (Å²) in [4.78, 5) is 33.5. The summed E-state index contributed by atoms with van der Waals surface area (Å²) in [6.07, 6.45) is 5.97. The number of amides is 1. The van der Waals surface area contributed by atoms with E-state index < -0.39 is 18.2 Å². The predicted octanol–water partition coefficient (Wildman–Crippen LogP) is 0.206. The lowest BCUT2D eigenvalue weighted by Gasteiger charge is -2.22. The second-order valence-corrected chi connectivity index (χ2v) is 4.72. The Bertz CT molecular complexity index is 515. The number of hydrazine groups is 1. The fraction of sp³-hybridized carbons (Fsp3) is 0.533. The molecule has 0 heterocycles. The Morgan fingerprint density at radius 1 is 1.45 bits per heavy atom. The van der Waals surface area contributed by atoms with E-state index in [1.54, 1.807) is 0 Å². The van der Waals surface area contributed by atoms with Gasteiger partial charge in [-0.05, 0) is 25.0 Å². The summed E-state index contributed by atoms with van der Waals surface area (Å²) in [5, 5.41) is 11.8. The lowest BCUT2D eigenvalue weighted by molar-refractivity contribution is -0.678. The molecule has 7 nitrogen and oxygen atoms in total. The number of carbonyl (C=O) groups is 2. The van der Waals surface area contributed by atoms with Gasteiger partial charge in [0.25, 0.3) is 0 Å². The van der Waals surface area contributed by atoms with E-state index in [1.165, 1.54) is 19.9 Å². The molecule has 0 aliphatic rings. The molecule has 0 saturated heterocycles. The number of isocyanates is 1. The van der Waals surface area contributed by atoms with Gasteiger partial charge in [-0.1, -0.05) is 6.58 Å². The van der Waals surface area contributed by atoms with Gasteiger partial charge in [-0.25, -0.2) is 4.79 Å². The van der Waals surface area contributed by atoms with E-state index in [4.69, 9.17) is 11.2 Å². The van der Waals surface area contributed by atoms with Crippen molar-refractivity contribution in [2.24, 2.45) is 0 Å². The average molecular weight is 308 g/mol. The van der Waals surface area contributed by atoms with Gasteiger partial charge in [0.2, 0.25) is 6.09 Å². The minimum atomic E-state index is -1.58. The number of esters is 1. The van der Waals surface area contributed by atoms with Gasteiger partial charge in [0, 0.05) is 18.4 Å². The minimum absolute atomic E-state index is 0.125. The topological polar surface area (TPSA) is 89.8 Å². The van der Waals surface area contributed by atoms with Crippen LogP contribution in [0.3, 0.4) is 0 Å². The summed E-state index contributed by atoms with van der Waals surface area (Å²) in [6.45, 7) is 6.28. The number of unbranched alkanes of at least 4 members (excludes halogenated alkanes) is 2. The molecule has 0 aliphatic carbocycles. The summed E-state index contributed by atoms with van der Waals surface area (Å²) in [6, 6.07) is 0. The Kier molecular flexibility index (Phi) is 9.00. The highest BCUT2D eigenvalue weighted by molar-refractivity contribution is 5.87. The van der Waals surface area contributed by atoms with Gasteiger partial charge in [-0.2, -0.15) is 4.79 Å². The van der Waals surface area contributed by atoms with E-state index >= 15 is 0 Å². The van der Waals surface area contributed by atoms with Crippen LogP contribution in [0.2, 0.25) is 0 Å². The van der Waals surface area contributed by atoms with E-state index in [9.17, 15) is 19.5 Å². The van der Waals surface area contributed by atoms with E-state index in [0.717, 1.165) is 4.68 Å². The van der Waals surface area contributed by atoms with Crippen LogP contribution < -0.4 is 5.11 Å². The number of hydrazone groups is 1. The Hall–Kier alpha value is -2.58. The second kappa shape index (κ2) is 10.2. The van der Waals surface area contributed by atoms with Crippen molar-refractivity contribution in [2.75, 3.05) is 13.1 Å². The summed E-state index contributed by atoms with van der Waals surface area (Å²) in [7, 11) is 0. The van der Waals surface area contributed by atoms with Crippen molar-refractivity contribution in [3.63, 3.8) is 0 Å². The maximum atomic E-state index is 11.4. The van der Waals surface area contributed by atoms with Gasteiger partial charge in [-0.15, -0.1) is 17.4 Å². The first-order valence-corrected chi connectivity index (χ1v) is 6.77. The first kappa shape index (κ1) is 19.4. The molecule has 0 aliphatic heterocycles. The maximum Gasteiger partial charge on any atom is 0.456 e. The largest absolute Gasteiger partial charge is 0.526 e. The highest BCUT2D eigenvalue weighted by Gasteiger charge is 2.23. The Morgan fingerprint density at radius 3 is 2.55 bits per heavy atom. The summed E-state index contributed by atoms with van der Waals surface area (Å²) in [5.74, 6) is 1.81. The number of nitrogens with zero attached hydrogens (tertiary/aromatic N) is 2. The van der Waals surface area contributed by atoms with Crippen LogP contribution in [0.25, 0.3) is 0 Å². The molecular weight excluding hydrogens is 288 g/mol. The fourth-order valence-corrected chi connectivity index (χ4v) is 1.54. The number of hydrogen-bond donors (Lipinski definition) is 0. The van der Waals surface area contributed by atoms with Crippen LogP contribution in [0.5, 0.6) is 0 Å². The summed E-state index contributed by atoms with van der Waals surface area (Å²) < 4.78 is 5.82. The number of hydrogen-bond acceptors (Lipinski definition) is 5. The lowest BCUT2D eigenvalue weighted by atomic mass is 10.2. The molecule has 0 aromatic rings. The van der Waals surface area contributed by atoms with E-state index in [-0.39, 0.29) is 18.7 Å². The number of carbonyl (C=O) groups excluding carboxylic acids is 3. The summed E-state index contributed by atoms with van der Waals surface area (Å²) >= 11 is 0.